The quantitative estimate of drug-likeness (QED) is 0.771. The lowest BCUT2D eigenvalue weighted by molar-refractivity contribution is 0.0970. The van der Waals surface area contributed by atoms with Gasteiger partial charge in [0.2, 0.25) is 0 Å². The van der Waals surface area contributed by atoms with Gasteiger partial charge in [-0.2, -0.15) is 0 Å². The zero-order valence-corrected chi connectivity index (χ0v) is 13.4. The van der Waals surface area contributed by atoms with Crippen LogP contribution in [0.25, 0.3) is 10.9 Å². The van der Waals surface area contributed by atoms with Crippen molar-refractivity contribution in [2.75, 3.05) is 6.54 Å². The summed E-state index contributed by atoms with van der Waals surface area (Å²) < 4.78 is 15.9. The molecule has 0 unspecified atom stereocenters. The lowest BCUT2D eigenvalue weighted by Crippen LogP contribution is -2.41. The number of hydrogen-bond donors (Lipinski definition) is 2. The molecule has 3 atom stereocenters. The summed E-state index contributed by atoms with van der Waals surface area (Å²) in [6.45, 7) is 0.921. The number of aromatic nitrogens is 1. The highest BCUT2D eigenvalue weighted by Crippen LogP contribution is 2.31. The molecule has 0 bridgehead atoms. The van der Waals surface area contributed by atoms with E-state index >= 15 is 0 Å². The molecule has 0 saturated carbocycles. The molecule has 0 radical (unpaired) electrons. The summed E-state index contributed by atoms with van der Waals surface area (Å²) in [6, 6.07) is 16.4. The minimum absolute atomic E-state index is 0.0272. The van der Waals surface area contributed by atoms with Gasteiger partial charge in [-0.15, -0.1) is 0 Å². The first-order valence-electron chi connectivity index (χ1n) is 8.46. The Bertz CT molecular complexity index is 838. The van der Waals surface area contributed by atoms with Gasteiger partial charge < -0.3 is 15.0 Å². The highest BCUT2D eigenvalue weighted by molar-refractivity contribution is 5.80. The maximum Gasteiger partial charge on any atom is 0.123 e. The fourth-order valence-corrected chi connectivity index (χ4v) is 3.78. The standard InChI is InChI=1S/C20H21FN2O/c21-16-7-3-6-15(13-16)19(20(24)17-8-4-11-22-17)23-12-10-14-5-1-2-9-18(14)23/h1-3,5-7,9-10,12-13,17,19-20,22,24H,4,8,11H2/t17-,19-,20+/m0/s1. The van der Waals surface area contributed by atoms with Crippen molar-refractivity contribution in [1.82, 2.24) is 9.88 Å². The van der Waals surface area contributed by atoms with Crippen LogP contribution in [0.4, 0.5) is 4.39 Å². The van der Waals surface area contributed by atoms with Crippen molar-refractivity contribution in [3.05, 3.63) is 72.2 Å². The van der Waals surface area contributed by atoms with Crippen molar-refractivity contribution in [2.45, 2.75) is 31.0 Å². The number of rotatable bonds is 4. The predicted molar refractivity (Wildman–Crippen MR) is 93.5 cm³/mol. The van der Waals surface area contributed by atoms with Gasteiger partial charge in [0, 0.05) is 17.8 Å². The largest absolute Gasteiger partial charge is 0.389 e. The lowest BCUT2D eigenvalue weighted by atomic mass is 9.94. The Morgan fingerprint density at radius 1 is 1.12 bits per heavy atom. The van der Waals surface area contributed by atoms with E-state index in [0.29, 0.717) is 0 Å². The van der Waals surface area contributed by atoms with Crippen molar-refractivity contribution < 1.29 is 9.50 Å². The number of aliphatic hydroxyl groups is 1. The third-order valence-electron chi connectivity index (χ3n) is 4.95. The van der Waals surface area contributed by atoms with E-state index in [9.17, 15) is 9.50 Å². The molecule has 2 aromatic carbocycles. The van der Waals surface area contributed by atoms with Gasteiger partial charge in [-0.25, -0.2) is 4.39 Å². The smallest absolute Gasteiger partial charge is 0.123 e. The molecule has 1 fully saturated rings. The van der Waals surface area contributed by atoms with Gasteiger partial charge >= 0.3 is 0 Å². The molecule has 1 aliphatic rings. The van der Waals surface area contributed by atoms with Crippen LogP contribution in [0.5, 0.6) is 0 Å². The Labute approximate surface area is 140 Å². The van der Waals surface area contributed by atoms with Crippen LogP contribution < -0.4 is 5.32 Å². The zero-order chi connectivity index (χ0) is 16.5. The number of nitrogens with zero attached hydrogens (tertiary/aromatic N) is 1. The molecule has 2 heterocycles. The fraction of sp³-hybridized carbons (Fsp3) is 0.300. The summed E-state index contributed by atoms with van der Waals surface area (Å²) in [4.78, 5) is 0. The molecule has 3 aromatic rings. The van der Waals surface area contributed by atoms with E-state index in [2.05, 4.69) is 16.0 Å². The van der Waals surface area contributed by atoms with Crippen molar-refractivity contribution >= 4 is 10.9 Å². The van der Waals surface area contributed by atoms with Gasteiger partial charge in [0.1, 0.15) is 5.82 Å². The number of para-hydroxylation sites is 1. The maximum atomic E-state index is 13.8. The number of halogens is 1. The minimum Gasteiger partial charge on any atom is -0.389 e. The van der Waals surface area contributed by atoms with E-state index in [0.717, 1.165) is 35.9 Å². The number of fused-ring (bicyclic) bond motifs is 1. The minimum atomic E-state index is -0.620. The van der Waals surface area contributed by atoms with Crippen molar-refractivity contribution in [3.8, 4) is 0 Å². The molecule has 4 heteroatoms. The van der Waals surface area contributed by atoms with Crippen LogP contribution in [0.1, 0.15) is 24.4 Å². The van der Waals surface area contributed by atoms with Crippen LogP contribution in [0.15, 0.2) is 60.8 Å². The van der Waals surface area contributed by atoms with Crippen molar-refractivity contribution in [3.63, 3.8) is 0 Å². The van der Waals surface area contributed by atoms with Gasteiger partial charge in [0.25, 0.3) is 0 Å². The van der Waals surface area contributed by atoms with Crippen molar-refractivity contribution in [2.24, 2.45) is 0 Å². The molecule has 0 amide bonds. The number of benzene rings is 2. The topological polar surface area (TPSA) is 37.2 Å². The Kier molecular flexibility index (Phi) is 4.08. The van der Waals surface area contributed by atoms with Crippen LogP contribution in [0, 0.1) is 5.82 Å². The Hall–Kier alpha value is -2.17. The summed E-state index contributed by atoms with van der Waals surface area (Å²) >= 11 is 0. The van der Waals surface area contributed by atoms with E-state index in [4.69, 9.17) is 0 Å². The second-order valence-corrected chi connectivity index (χ2v) is 6.48. The van der Waals surface area contributed by atoms with Crippen LogP contribution >= 0.6 is 0 Å². The number of aliphatic hydroxyl groups excluding tert-OH is 1. The van der Waals surface area contributed by atoms with Crippen LogP contribution in [0.2, 0.25) is 0 Å². The van der Waals surface area contributed by atoms with Gasteiger partial charge in [-0.05, 0) is 54.6 Å². The molecule has 1 saturated heterocycles. The highest BCUT2D eigenvalue weighted by atomic mass is 19.1. The third-order valence-corrected chi connectivity index (χ3v) is 4.95. The van der Waals surface area contributed by atoms with Crippen LogP contribution in [0.3, 0.4) is 0 Å². The molecule has 1 aliphatic heterocycles. The molecular weight excluding hydrogens is 303 g/mol. The molecule has 4 rings (SSSR count). The normalized spacial score (nSPS) is 20.3. The summed E-state index contributed by atoms with van der Waals surface area (Å²) in [6.07, 6.45) is 3.36. The van der Waals surface area contributed by atoms with Gasteiger partial charge in [0.15, 0.2) is 0 Å². The van der Waals surface area contributed by atoms with Gasteiger partial charge in [0.05, 0.1) is 12.1 Å². The second-order valence-electron chi connectivity index (χ2n) is 6.48. The van der Waals surface area contributed by atoms with E-state index in [-0.39, 0.29) is 17.9 Å². The SMILES string of the molecule is O[C@H]([C@@H]1CCCN1)[C@H](c1cccc(F)c1)n1ccc2ccccc21. The second kappa shape index (κ2) is 6.38. The summed E-state index contributed by atoms with van der Waals surface area (Å²) in [5.74, 6) is -0.277. The van der Waals surface area contributed by atoms with Crippen molar-refractivity contribution in [1.29, 1.82) is 0 Å². The lowest BCUT2D eigenvalue weighted by Gasteiger charge is -2.30. The molecule has 1 aromatic heterocycles. The maximum absolute atomic E-state index is 13.8. The first kappa shape index (κ1) is 15.4. The Balaban J connectivity index is 1.83. The highest BCUT2D eigenvalue weighted by Gasteiger charge is 2.32. The molecular formula is C20H21FN2O. The number of hydrogen-bond acceptors (Lipinski definition) is 2. The molecule has 124 valence electrons. The molecule has 3 nitrogen and oxygen atoms in total. The van der Waals surface area contributed by atoms with Gasteiger partial charge in [-0.1, -0.05) is 30.3 Å². The van der Waals surface area contributed by atoms with E-state index in [1.807, 2.05) is 36.5 Å². The summed E-state index contributed by atoms with van der Waals surface area (Å²) in [5.41, 5.74) is 1.83. The molecule has 0 aliphatic carbocycles. The predicted octanol–water partition coefficient (Wildman–Crippen LogP) is 3.48. The first-order valence-corrected chi connectivity index (χ1v) is 8.46. The summed E-state index contributed by atoms with van der Waals surface area (Å²) in [5, 5.41) is 15.6. The van der Waals surface area contributed by atoms with E-state index in [1.54, 1.807) is 6.07 Å². The average molecular weight is 324 g/mol. The Morgan fingerprint density at radius 2 is 2.00 bits per heavy atom. The monoisotopic (exact) mass is 324 g/mol. The average Bonchev–Trinajstić information content (AvgIpc) is 3.25. The van der Waals surface area contributed by atoms with Gasteiger partial charge in [-0.3, -0.25) is 0 Å². The van der Waals surface area contributed by atoms with Crippen LogP contribution in [-0.4, -0.2) is 28.4 Å². The zero-order valence-electron chi connectivity index (χ0n) is 13.4. The molecule has 24 heavy (non-hydrogen) atoms. The fourth-order valence-electron chi connectivity index (χ4n) is 3.78. The Morgan fingerprint density at radius 3 is 2.79 bits per heavy atom. The molecule has 2 N–H and O–H groups in total. The van der Waals surface area contributed by atoms with E-state index < -0.39 is 6.10 Å². The number of nitrogens with one attached hydrogen (secondary N) is 1. The van der Waals surface area contributed by atoms with E-state index in [1.165, 1.54) is 12.1 Å². The summed E-state index contributed by atoms with van der Waals surface area (Å²) in [7, 11) is 0. The third kappa shape index (κ3) is 2.72. The molecule has 0 spiro atoms. The first-order chi connectivity index (χ1) is 11.7. The van der Waals surface area contributed by atoms with Crippen LogP contribution in [-0.2, 0) is 0 Å².